The van der Waals surface area contributed by atoms with Crippen LogP contribution in [0.25, 0.3) is 0 Å². The topological polar surface area (TPSA) is 21.3 Å². The molecule has 0 radical (unpaired) electrons. The minimum absolute atomic E-state index is 0.327. The molecule has 0 fully saturated rings. The number of rotatable bonds is 4. The molecule has 0 heterocycles. The van der Waals surface area contributed by atoms with E-state index in [9.17, 15) is 4.39 Å². The molecule has 0 aliphatic carbocycles. The molecule has 5 heteroatoms. The SMILES string of the molecule is COc1ccc(F)c(NCc2cc(Br)ccc2Cl)c1. The molecule has 0 aliphatic rings. The number of nitrogens with one attached hydrogen (secondary N) is 1. The number of ether oxygens (including phenoxy) is 1. The van der Waals surface area contributed by atoms with Crippen molar-refractivity contribution in [2.75, 3.05) is 12.4 Å². The van der Waals surface area contributed by atoms with Crippen LogP contribution in [0.2, 0.25) is 5.02 Å². The van der Waals surface area contributed by atoms with E-state index in [4.69, 9.17) is 16.3 Å². The van der Waals surface area contributed by atoms with Gasteiger partial charge in [0, 0.05) is 22.1 Å². The summed E-state index contributed by atoms with van der Waals surface area (Å²) in [6.07, 6.45) is 0. The van der Waals surface area contributed by atoms with Crippen molar-refractivity contribution < 1.29 is 9.13 Å². The summed E-state index contributed by atoms with van der Waals surface area (Å²) in [7, 11) is 1.54. The Morgan fingerprint density at radius 1 is 1.26 bits per heavy atom. The Labute approximate surface area is 124 Å². The van der Waals surface area contributed by atoms with Crippen molar-refractivity contribution in [3.05, 3.63) is 57.3 Å². The minimum atomic E-state index is -0.327. The van der Waals surface area contributed by atoms with Gasteiger partial charge in [0.05, 0.1) is 12.8 Å². The maximum atomic E-state index is 13.6. The molecule has 1 N–H and O–H groups in total. The van der Waals surface area contributed by atoms with E-state index in [-0.39, 0.29) is 5.82 Å². The lowest BCUT2D eigenvalue weighted by molar-refractivity contribution is 0.414. The first kappa shape index (κ1) is 14.2. The zero-order valence-corrected chi connectivity index (χ0v) is 12.6. The van der Waals surface area contributed by atoms with Crippen LogP contribution in [0.1, 0.15) is 5.56 Å². The van der Waals surface area contributed by atoms with Gasteiger partial charge in [0.2, 0.25) is 0 Å². The molecule has 100 valence electrons. The van der Waals surface area contributed by atoms with E-state index in [1.165, 1.54) is 6.07 Å². The first-order valence-electron chi connectivity index (χ1n) is 5.61. The van der Waals surface area contributed by atoms with E-state index < -0.39 is 0 Å². The van der Waals surface area contributed by atoms with E-state index in [1.807, 2.05) is 12.1 Å². The normalized spacial score (nSPS) is 10.3. The van der Waals surface area contributed by atoms with Gasteiger partial charge in [-0.15, -0.1) is 0 Å². The van der Waals surface area contributed by atoms with Gasteiger partial charge < -0.3 is 10.1 Å². The van der Waals surface area contributed by atoms with Gasteiger partial charge in [0.15, 0.2) is 0 Å². The van der Waals surface area contributed by atoms with Crippen LogP contribution in [0.5, 0.6) is 5.75 Å². The fourth-order valence-electron chi connectivity index (χ4n) is 1.64. The third-order valence-corrected chi connectivity index (χ3v) is 3.51. The number of benzene rings is 2. The Balaban J connectivity index is 2.16. The van der Waals surface area contributed by atoms with Gasteiger partial charge in [-0.2, -0.15) is 0 Å². The van der Waals surface area contributed by atoms with Crippen molar-refractivity contribution in [3.63, 3.8) is 0 Å². The van der Waals surface area contributed by atoms with E-state index in [2.05, 4.69) is 21.2 Å². The molecular weight excluding hydrogens is 333 g/mol. The fraction of sp³-hybridized carbons (Fsp3) is 0.143. The minimum Gasteiger partial charge on any atom is -0.497 e. The quantitative estimate of drug-likeness (QED) is 0.855. The van der Waals surface area contributed by atoms with Gasteiger partial charge in [-0.3, -0.25) is 0 Å². The molecule has 2 nitrogen and oxygen atoms in total. The number of anilines is 1. The molecule has 2 aromatic rings. The lowest BCUT2D eigenvalue weighted by Crippen LogP contribution is -2.02. The molecular formula is C14H12BrClFNO. The first-order valence-corrected chi connectivity index (χ1v) is 6.78. The van der Waals surface area contributed by atoms with Crippen LogP contribution >= 0.6 is 27.5 Å². The predicted molar refractivity (Wildman–Crippen MR) is 79.4 cm³/mol. The Bertz CT molecular complexity index is 592. The van der Waals surface area contributed by atoms with E-state index in [0.29, 0.717) is 23.0 Å². The van der Waals surface area contributed by atoms with Gasteiger partial charge in [-0.25, -0.2) is 4.39 Å². The predicted octanol–water partition coefficient (Wildman–Crippen LogP) is 4.86. The van der Waals surface area contributed by atoms with Gasteiger partial charge in [0.1, 0.15) is 11.6 Å². The van der Waals surface area contributed by atoms with Gasteiger partial charge >= 0.3 is 0 Å². The average molecular weight is 345 g/mol. The highest BCUT2D eigenvalue weighted by atomic mass is 79.9. The lowest BCUT2D eigenvalue weighted by atomic mass is 10.2. The second-order valence-electron chi connectivity index (χ2n) is 3.94. The molecule has 0 amide bonds. The average Bonchev–Trinajstić information content (AvgIpc) is 2.41. The molecule has 0 bridgehead atoms. The number of hydrogen-bond acceptors (Lipinski definition) is 2. The molecule has 0 aliphatic heterocycles. The monoisotopic (exact) mass is 343 g/mol. The Morgan fingerprint density at radius 2 is 2.05 bits per heavy atom. The van der Waals surface area contributed by atoms with Crippen molar-refractivity contribution in [2.45, 2.75) is 6.54 Å². The van der Waals surface area contributed by atoms with Crippen molar-refractivity contribution in [3.8, 4) is 5.75 Å². The molecule has 2 rings (SSSR count). The second kappa shape index (κ2) is 6.26. The van der Waals surface area contributed by atoms with Crippen molar-refractivity contribution in [2.24, 2.45) is 0 Å². The Morgan fingerprint density at radius 3 is 2.79 bits per heavy atom. The van der Waals surface area contributed by atoms with Crippen LogP contribution in [-0.2, 0) is 6.54 Å². The highest BCUT2D eigenvalue weighted by Crippen LogP contribution is 2.25. The van der Waals surface area contributed by atoms with Crippen molar-refractivity contribution >= 4 is 33.2 Å². The zero-order chi connectivity index (χ0) is 13.8. The Hall–Kier alpha value is -1.26. The molecule has 19 heavy (non-hydrogen) atoms. The summed E-state index contributed by atoms with van der Waals surface area (Å²) < 4.78 is 19.6. The first-order chi connectivity index (χ1) is 9.10. The maximum Gasteiger partial charge on any atom is 0.146 e. The lowest BCUT2D eigenvalue weighted by Gasteiger charge is -2.10. The maximum absolute atomic E-state index is 13.6. The van der Waals surface area contributed by atoms with E-state index in [0.717, 1.165) is 10.0 Å². The van der Waals surface area contributed by atoms with Crippen molar-refractivity contribution in [1.29, 1.82) is 0 Å². The summed E-state index contributed by atoms with van der Waals surface area (Å²) in [5, 5.41) is 3.65. The third kappa shape index (κ3) is 3.61. The van der Waals surface area contributed by atoms with Crippen LogP contribution in [-0.4, -0.2) is 7.11 Å². The molecule has 0 atom stereocenters. The molecule has 0 spiro atoms. The fourth-order valence-corrected chi connectivity index (χ4v) is 2.23. The second-order valence-corrected chi connectivity index (χ2v) is 5.26. The molecule has 2 aromatic carbocycles. The van der Waals surface area contributed by atoms with Crippen LogP contribution < -0.4 is 10.1 Å². The summed E-state index contributed by atoms with van der Waals surface area (Å²) in [5.41, 5.74) is 1.27. The van der Waals surface area contributed by atoms with E-state index in [1.54, 1.807) is 25.3 Å². The van der Waals surface area contributed by atoms with Crippen LogP contribution in [0.4, 0.5) is 10.1 Å². The zero-order valence-electron chi connectivity index (χ0n) is 10.2. The summed E-state index contributed by atoms with van der Waals surface area (Å²) in [6, 6.07) is 10.1. The van der Waals surface area contributed by atoms with Crippen LogP contribution in [0, 0.1) is 5.82 Å². The van der Waals surface area contributed by atoms with Crippen LogP contribution in [0.15, 0.2) is 40.9 Å². The van der Waals surface area contributed by atoms with Gasteiger partial charge in [-0.1, -0.05) is 27.5 Å². The Kier molecular flexibility index (Phi) is 4.66. The van der Waals surface area contributed by atoms with Gasteiger partial charge in [0.25, 0.3) is 0 Å². The number of hydrogen-bond donors (Lipinski definition) is 1. The molecule has 0 aromatic heterocycles. The summed E-state index contributed by atoms with van der Waals surface area (Å²) in [4.78, 5) is 0. The summed E-state index contributed by atoms with van der Waals surface area (Å²) >= 11 is 9.46. The van der Waals surface area contributed by atoms with Crippen molar-refractivity contribution in [1.82, 2.24) is 0 Å². The number of methoxy groups -OCH3 is 1. The highest BCUT2D eigenvalue weighted by molar-refractivity contribution is 9.10. The largest absolute Gasteiger partial charge is 0.497 e. The number of halogens is 3. The molecule has 0 saturated carbocycles. The van der Waals surface area contributed by atoms with Gasteiger partial charge in [-0.05, 0) is 35.9 Å². The standard InChI is InChI=1S/C14H12BrClFNO/c1-19-11-3-5-13(17)14(7-11)18-8-9-6-10(15)2-4-12(9)16/h2-7,18H,8H2,1H3. The smallest absolute Gasteiger partial charge is 0.146 e. The summed E-state index contributed by atoms with van der Waals surface area (Å²) in [6.45, 7) is 0.433. The molecule has 0 unspecified atom stereocenters. The van der Waals surface area contributed by atoms with Crippen LogP contribution in [0.3, 0.4) is 0 Å². The van der Waals surface area contributed by atoms with E-state index >= 15 is 0 Å². The highest BCUT2D eigenvalue weighted by Gasteiger charge is 2.06. The summed E-state index contributed by atoms with van der Waals surface area (Å²) in [5.74, 6) is 0.274. The molecule has 0 saturated heterocycles. The third-order valence-electron chi connectivity index (χ3n) is 2.65.